The highest BCUT2D eigenvalue weighted by Crippen LogP contribution is 2.31. The van der Waals surface area contributed by atoms with Crippen molar-refractivity contribution in [1.29, 1.82) is 0 Å². The van der Waals surface area contributed by atoms with E-state index < -0.39 is 5.97 Å². The number of aliphatic hydroxyl groups excluding tert-OH is 1. The van der Waals surface area contributed by atoms with Crippen molar-refractivity contribution < 1.29 is 15.0 Å². The van der Waals surface area contributed by atoms with Gasteiger partial charge in [-0.25, -0.2) is 4.79 Å². The first-order valence-corrected chi connectivity index (χ1v) is 10.6. The summed E-state index contributed by atoms with van der Waals surface area (Å²) in [6.07, 6.45) is 9.78. The number of benzene rings is 2. The van der Waals surface area contributed by atoms with Crippen LogP contribution in [-0.4, -0.2) is 22.8 Å². The molecule has 0 aromatic heterocycles. The minimum Gasteiger partial charge on any atom is -0.478 e. The lowest BCUT2D eigenvalue weighted by Gasteiger charge is -2.24. The van der Waals surface area contributed by atoms with Crippen LogP contribution in [0.5, 0.6) is 0 Å². The molecule has 3 rings (SSSR count). The molecule has 2 aromatic carbocycles. The molecule has 3 heteroatoms. The lowest BCUT2D eigenvalue weighted by molar-refractivity contribution is 0.0697. The maximum absolute atomic E-state index is 11.7. The predicted molar refractivity (Wildman–Crippen MR) is 114 cm³/mol. The molecule has 1 aliphatic rings. The Morgan fingerprint density at radius 2 is 1.82 bits per heavy atom. The Bertz CT molecular complexity index is 790. The molecule has 2 aromatic rings. The summed E-state index contributed by atoms with van der Waals surface area (Å²) < 4.78 is 0. The first-order valence-electron chi connectivity index (χ1n) is 10.6. The first-order chi connectivity index (χ1) is 13.6. The van der Waals surface area contributed by atoms with Gasteiger partial charge in [-0.3, -0.25) is 0 Å². The summed E-state index contributed by atoms with van der Waals surface area (Å²) in [5.41, 5.74) is 4.24. The molecule has 3 nitrogen and oxygen atoms in total. The number of carboxylic acid groups (broad SMARTS) is 1. The number of aliphatic hydroxyl groups is 1. The van der Waals surface area contributed by atoms with Gasteiger partial charge in [0.05, 0.1) is 5.56 Å². The minimum atomic E-state index is -0.902. The van der Waals surface area contributed by atoms with Gasteiger partial charge >= 0.3 is 5.97 Å². The fourth-order valence-corrected chi connectivity index (χ4v) is 4.54. The molecule has 150 valence electrons. The van der Waals surface area contributed by atoms with Crippen LogP contribution in [0.15, 0.2) is 42.5 Å². The van der Waals surface area contributed by atoms with Crippen molar-refractivity contribution in [1.82, 2.24) is 0 Å². The Labute approximate surface area is 168 Å². The molecule has 2 N–H and O–H groups in total. The Morgan fingerprint density at radius 3 is 2.50 bits per heavy atom. The van der Waals surface area contributed by atoms with Gasteiger partial charge in [0.15, 0.2) is 0 Å². The van der Waals surface area contributed by atoms with Gasteiger partial charge in [0.1, 0.15) is 0 Å². The smallest absolute Gasteiger partial charge is 0.336 e. The van der Waals surface area contributed by atoms with Crippen LogP contribution >= 0.6 is 0 Å². The second-order valence-electron chi connectivity index (χ2n) is 8.33. The third kappa shape index (κ3) is 5.23. The highest BCUT2D eigenvalue weighted by Gasteiger charge is 2.18. The van der Waals surface area contributed by atoms with Gasteiger partial charge in [0, 0.05) is 6.61 Å². The predicted octanol–water partition coefficient (Wildman–Crippen LogP) is 5.87. The number of hydrogen-bond acceptors (Lipinski definition) is 2. The minimum absolute atomic E-state index is 0.188. The number of hydrogen-bond donors (Lipinski definition) is 2. The van der Waals surface area contributed by atoms with Crippen molar-refractivity contribution in [2.45, 2.75) is 58.3 Å². The van der Waals surface area contributed by atoms with E-state index in [0.717, 1.165) is 41.0 Å². The zero-order valence-electron chi connectivity index (χ0n) is 16.9. The molecule has 0 heterocycles. The number of carboxylic acids is 1. The first kappa shape index (κ1) is 20.6. The van der Waals surface area contributed by atoms with Crippen molar-refractivity contribution in [2.75, 3.05) is 6.61 Å². The monoisotopic (exact) mass is 380 g/mol. The third-order valence-electron chi connectivity index (χ3n) is 6.24. The van der Waals surface area contributed by atoms with E-state index in [0.29, 0.717) is 5.56 Å². The molecule has 1 saturated carbocycles. The summed E-state index contributed by atoms with van der Waals surface area (Å²) >= 11 is 0. The molecule has 0 amide bonds. The largest absolute Gasteiger partial charge is 0.478 e. The van der Waals surface area contributed by atoms with Crippen LogP contribution in [0.3, 0.4) is 0 Å². The highest BCUT2D eigenvalue weighted by molar-refractivity contribution is 5.96. The van der Waals surface area contributed by atoms with E-state index in [9.17, 15) is 15.0 Å². The summed E-state index contributed by atoms with van der Waals surface area (Å²) in [5.74, 6) is 0.155. The molecule has 0 aliphatic heterocycles. The summed E-state index contributed by atoms with van der Waals surface area (Å²) in [5, 5.41) is 19.5. The quantitative estimate of drug-likeness (QED) is 0.602. The number of rotatable bonds is 8. The van der Waals surface area contributed by atoms with E-state index in [2.05, 4.69) is 0 Å². The van der Waals surface area contributed by atoms with Crippen LogP contribution in [0.1, 0.15) is 66.4 Å². The van der Waals surface area contributed by atoms with E-state index in [4.69, 9.17) is 0 Å². The molecule has 0 saturated heterocycles. The molecule has 0 radical (unpaired) electrons. The Kier molecular flexibility index (Phi) is 7.27. The topological polar surface area (TPSA) is 57.5 Å². The van der Waals surface area contributed by atoms with Gasteiger partial charge < -0.3 is 10.2 Å². The lowest BCUT2D eigenvalue weighted by Crippen LogP contribution is -2.14. The van der Waals surface area contributed by atoms with Gasteiger partial charge in [0.2, 0.25) is 0 Å². The van der Waals surface area contributed by atoms with Crippen LogP contribution in [0.25, 0.3) is 11.1 Å². The number of aromatic carboxylic acids is 1. The summed E-state index contributed by atoms with van der Waals surface area (Å²) in [6, 6.07) is 13.5. The molecular weight excluding hydrogens is 348 g/mol. The normalized spacial score (nSPS) is 16.1. The van der Waals surface area contributed by atoms with Crippen molar-refractivity contribution in [2.24, 2.45) is 11.8 Å². The van der Waals surface area contributed by atoms with Crippen LogP contribution in [0, 0.1) is 18.8 Å². The fraction of sp³-hybridized carbons (Fsp3) is 0.480. The molecule has 0 bridgehead atoms. The third-order valence-corrected chi connectivity index (χ3v) is 6.24. The zero-order chi connectivity index (χ0) is 19.9. The van der Waals surface area contributed by atoms with E-state index in [1.165, 1.54) is 38.5 Å². The van der Waals surface area contributed by atoms with Crippen molar-refractivity contribution in [3.8, 4) is 11.1 Å². The number of aryl methyl sites for hydroxylation is 1. The fourth-order valence-electron chi connectivity index (χ4n) is 4.54. The maximum Gasteiger partial charge on any atom is 0.336 e. The Balaban J connectivity index is 1.76. The molecule has 0 spiro atoms. The summed E-state index contributed by atoms with van der Waals surface area (Å²) in [4.78, 5) is 11.7. The SMILES string of the molecule is Cc1ccccc1-c1cc(CC(CO)CCC2CCCCC2)ccc1C(=O)O. The van der Waals surface area contributed by atoms with Gasteiger partial charge in [0.25, 0.3) is 0 Å². The molecular formula is C25H32O3. The lowest BCUT2D eigenvalue weighted by atomic mass is 9.83. The molecule has 1 fully saturated rings. The standard InChI is InChI=1S/C25H32O3/c1-18-7-5-6-10-22(18)24-16-20(13-14-23(24)25(27)28)15-21(17-26)12-11-19-8-3-2-4-9-19/h5-7,10,13-14,16,19,21,26H,2-4,8-9,11-12,15,17H2,1H3,(H,27,28). The second kappa shape index (κ2) is 9.88. The molecule has 1 unspecified atom stereocenters. The van der Waals surface area contributed by atoms with Crippen molar-refractivity contribution in [3.63, 3.8) is 0 Å². The van der Waals surface area contributed by atoms with Gasteiger partial charge in [-0.15, -0.1) is 0 Å². The Hall–Kier alpha value is -2.13. The van der Waals surface area contributed by atoms with Crippen molar-refractivity contribution >= 4 is 5.97 Å². The van der Waals surface area contributed by atoms with Crippen LogP contribution < -0.4 is 0 Å². The van der Waals surface area contributed by atoms with E-state index in [-0.39, 0.29) is 12.5 Å². The average molecular weight is 381 g/mol. The molecule has 28 heavy (non-hydrogen) atoms. The van der Waals surface area contributed by atoms with Crippen molar-refractivity contribution in [3.05, 3.63) is 59.2 Å². The van der Waals surface area contributed by atoms with Crippen LogP contribution in [0.2, 0.25) is 0 Å². The van der Waals surface area contributed by atoms with Gasteiger partial charge in [-0.05, 0) is 59.9 Å². The molecule has 1 atom stereocenters. The Morgan fingerprint density at radius 1 is 1.07 bits per heavy atom. The van der Waals surface area contributed by atoms with Crippen LogP contribution in [0.4, 0.5) is 0 Å². The van der Waals surface area contributed by atoms with Gasteiger partial charge in [-0.1, -0.05) is 74.9 Å². The van der Waals surface area contributed by atoms with Gasteiger partial charge in [-0.2, -0.15) is 0 Å². The summed E-state index contributed by atoms with van der Waals surface area (Å²) in [6.45, 7) is 2.20. The highest BCUT2D eigenvalue weighted by atomic mass is 16.4. The average Bonchev–Trinajstić information content (AvgIpc) is 2.72. The van der Waals surface area contributed by atoms with Crippen LogP contribution in [-0.2, 0) is 6.42 Å². The van der Waals surface area contributed by atoms with E-state index in [1.54, 1.807) is 6.07 Å². The van der Waals surface area contributed by atoms with E-state index >= 15 is 0 Å². The summed E-state index contributed by atoms with van der Waals surface area (Å²) in [7, 11) is 0. The van der Waals surface area contributed by atoms with E-state index in [1.807, 2.05) is 43.3 Å². The molecule has 1 aliphatic carbocycles. The number of carbonyl (C=O) groups is 1. The second-order valence-corrected chi connectivity index (χ2v) is 8.33. The maximum atomic E-state index is 11.7. The zero-order valence-corrected chi connectivity index (χ0v) is 16.9.